The van der Waals surface area contributed by atoms with Gasteiger partial charge in [0.15, 0.2) is 0 Å². The quantitative estimate of drug-likeness (QED) is 0.754. The Kier molecular flexibility index (Phi) is 3.94. The van der Waals surface area contributed by atoms with E-state index in [2.05, 4.69) is 22.2 Å². The number of aryl methyl sites for hydroxylation is 1. The van der Waals surface area contributed by atoms with E-state index in [1.165, 1.54) is 0 Å². The summed E-state index contributed by atoms with van der Waals surface area (Å²) in [5.74, 6) is 1.82. The van der Waals surface area contributed by atoms with E-state index >= 15 is 0 Å². The normalized spacial score (nSPS) is 10.8. The number of hydrogen-bond acceptors (Lipinski definition) is 5. The molecule has 0 aliphatic carbocycles. The first-order chi connectivity index (χ1) is 10.2. The first-order valence-electron chi connectivity index (χ1n) is 6.60. The lowest BCUT2D eigenvalue weighted by Gasteiger charge is -2.09. The fraction of sp³-hybridized carbons (Fsp3) is 0.200. The van der Waals surface area contributed by atoms with Crippen LogP contribution in [0.3, 0.4) is 0 Å². The van der Waals surface area contributed by atoms with Crippen molar-refractivity contribution in [3.8, 4) is 11.6 Å². The highest BCUT2D eigenvalue weighted by atomic mass is 35.5. The molecule has 1 N–H and O–H groups in total. The molecule has 4 nitrogen and oxygen atoms in total. The number of thiophene rings is 1. The number of ether oxygens (including phenoxy) is 1. The minimum absolute atomic E-state index is 0.546. The number of hydrogen-bond donors (Lipinski definition) is 1. The maximum atomic E-state index is 6.14. The van der Waals surface area contributed by atoms with E-state index in [-0.39, 0.29) is 0 Å². The number of aromatic nitrogens is 2. The molecule has 2 heterocycles. The lowest BCUT2D eigenvalue weighted by molar-refractivity contribution is 0.468. The van der Waals surface area contributed by atoms with Crippen LogP contribution in [0, 0.1) is 0 Å². The van der Waals surface area contributed by atoms with Gasteiger partial charge in [0, 0.05) is 12.1 Å². The number of rotatable bonds is 4. The van der Waals surface area contributed by atoms with Gasteiger partial charge in [0.1, 0.15) is 10.6 Å². The number of anilines is 1. The molecule has 3 rings (SSSR count). The SMILES string of the molecule is CCc1cc(Oc2nc(NC)nc3sccc23)ccc1Cl. The van der Waals surface area contributed by atoms with Crippen LogP contribution in [0.2, 0.25) is 5.02 Å². The smallest absolute Gasteiger partial charge is 0.232 e. The minimum Gasteiger partial charge on any atom is -0.438 e. The number of benzene rings is 1. The molecule has 0 radical (unpaired) electrons. The van der Waals surface area contributed by atoms with Gasteiger partial charge in [0.05, 0.1) is 5.39 Å². The lowest BCUT2D eigenvalue weighted by Crippen LogP contribution is -1.98. The first-order valence-corrected chi connectivity index (χ1v) is 7.86. The van der Waals surface area contributed by atoms with Crippen LogP contribution >= 0.6 is 22.9 Å². The van der Waals surface area contributed by atoms with Crippen molar-refractivity contribution in [1.82, 2.24) is 9.97 Å². The van der Waals surface area contributed by atoms with Crippen molar-refractivity contribution in [3.05, 3.63) is 40.2 Å². The molecule has 108 valence electrons. The van der Waals surface area contributed by atoms with Crippen LogP contribution in [-0.2, 0) is 6.42 Å². The van der Waals surface area contributed by atoms with Crippen LogP contribution in [0.1, 0.15) is 12.5 Å². The van der Waals surface area contributed by atoms with Crippen molar-refractivity contribution in [2.45, 2.75) is 13.3 Å². The van der Waals surface area contributed by atoms with Crippen molar-refractivity contribution in [3.63, 3.8) is 0 Å². The molecule has 0 saturated heterocycles. The third-order valence-corrected chi connectivity index (χ3v) is 4.30. The second kappa shape index (κ2) is 5.87. The van der Waals surface area contributed by atoms with Gasteiger partial charge >= 0.3 is 0 Å². The molecule has 21 heavy (non-hydrogen) atoms. The third kappa shape index (κ3) is 2.80. The third-order valence-electron chi connectivity index (χ3n) is 3.13. The monoisotopic (exact) mass is 319 g/mol. The highest BCUT2D eigenvalue weighted by Gasteiger charge is 2.11. The van der Waals surface area contributed by atoms with Crippen molar-refractivity contribution in [1.29, 1.82) is 0 Å². The van der Waals surface area contributed by atoms with Gasteiger partial charge in [0.25, 0.3) is 0 Å². The average molecular weight is 320 g/mol. The van der Waals surface area contributed by atoms with E-state index in [1.807, 2.05) is 29.6 Å². The van der Waals surface area contributed by atoms with Crippen LogP contribution in [0.15, 0.2) is 29.6 Å². The van der Waals surface area contributed by atoms with Crippen molar-refractivity contribution in [2.75, 3.05) is 12.4 Å². The fourth-order valence-electron chi connectivity index (χ4n) is 2.01. The van der Waals surface area contributed by atoms with Gasteiger partial charge < -0.3 is 10.1 Å². The molecule has 0 unspecified atom stereocenters. The van der Waals surface area contributed by atoms with E-state index in [1.54, 1.807) is 18.4 Å². The summed E-state index contributed by atoms with van der Waals surface area (Å²) < 4.78 is 5.95. The van der Waals surface area contributed by atoms with Gasteiger partial charge in [-0.25, -0.2) is 4.98 Å². The van der Waals surface area contributed by atoms with E-state index in [0.29, 0.717) is 11.8 Å². The van der Waals surface area contributed by atoms with Gasteiger partial charge in [-0.15, -0.1) is 11.3 Å². The van der Waals surface area contributed by atoms with E-state index in [4.69, 9.17) is 16.3 Å². The van der Waals surface area contributed by atoms with E-state index in [0.717, 1.165) is 33.0 Å². The van der Waals surface area contributed by atoms with Crippen LogP contribution in [0.4, 0.5) is 5.95 Å². The lowest BCUT2D eigenvalue weighted by atomic mass is 10.1. The second-order valence-corrected chi connectivity index (χ2v) is 5.75. The van der Waals surface area contributed by atoms with E-state index < -0.39 is 0 Å². The summed E-state index contributed by atoms with van der Waals surface area (Å²) in [5, 5.41) is 6.59. The van der Waals surface area contributed by atoms with Crippen molar-refractivity contribution in [2.24, 2.45) is 0 Å². The van der Waals surface area contributed by atoms with Gasteiger partial charge in [0.2, 0.25) is 11.8 Å². The van der Waals surface area contributed by atoms with Gasteiger partial charge in [-0.1, -0.05) is 18.5 Å². The molecular formula is C15H14ClN3OS. The molecule has 0 bridgehead atoms. The Morgan fingerprint density at radius 1 is 1.29 bits per heavy atom. The summed E-state index contributed by atoms with van der Waals surface area (Å²) in [6.07, 6.45) is 0.857. The summed E-state index contributed by atoms with van der Waals surface area (Å²) in [6.45, 7) is 2.06. The summed E-state index contributed by atoms with van der Waals surface area (Å²) in [4.78, 5) is 9.69. The largest absolute Gasteiger partial charge is 0.438 e. The highest BCUT2D eigenvalue weighted by Crippen LogP contribution is 2.32. The highest BCUT2D eigenvalue weighted by molar-refractivity contribution is 7.16. The zero-order valence-corrected chi connectivity index (χ0v) is 13.3. The molecule has 2 aromatic heterocycles. The molecule has 0 atom stereocenters. The predicted molar refractivity (Wildman–Crippen MR) is 87.9 cm³/mol. The van der Waals surface area contributed by atoms with Crippen LogP contribution < -0.4 is 10.1 Å². The molecular weight excluding hydrogens is 306 g/mol. The molecule has 0 saturated carbocycles. The number of nitrogens with zero attached hydrogens (tertiary/aromatic N) is 2. The average Bonchev–Trinajstić information content (AvgIpc) is 2.97. The Bertz CT molecular complexity index is 788. The number of nitrogens with one attached hydrogen (secondary N) is 1. The minimum atomic E-state index is 0.546. The maximum absolute atomic E-state index is 6.14. The van der Waals surface area contributed by atoms with Gasteiger partial charge in [-0.3, -0.25) is 0 Å². The van der Waals surface area contributed by atoms with Crippen molar-refractivity contribution < 1.29 is 4.74 Å². The van der Waals surface area contributed by atoms with Crippen LogP contribution in [-0.4, -0.2) is 17.0 Å². The maximum Gasteiger partial charge on any atom is 0.232 e. The standard InChI is InChI=1S/C15H14ClN3OS/c1-3-9-8-10(4-5-12(9)16)20-13-11-6-7-21-14(11)19-15(17-2)18-13/h4-8H,3H2,1-2H3,(H,17,18,19). The molecule has 0 fully saturated rings. The van der Waals surface area contributed by atoms with Crippen molar-refractivity contribution >= 4 is 39.1 Å². The zero-order valence-electron chi connectivity index (χ0n) is 11.7. The predicted octanol–water partition coefficient (Wildman–Crippen LogP) is 4.74. The summed E-state index contributed by atoms with van der Waals surface area (Å²) in [7, 11) is 1.79. The molecule has 0 spiro atoms. The zero-order chi connectivity index (χ0) is 14.8. The van der Waals surface area contributed by atoms with Gasteiger partial charge in [-0.05, 0) is 41.6 Å². The summed E-state index contributed by atoms with van der Waals surface area (Å²) >= 11 is 7.69. The second-order valence-electron chi connectivity index (χ2n) is 4.45. The Hall–Kier alpha value is -1.85. The molecule has 0 aliphatic heterocycles. The van der Waals surface area contributed by atoms with E-state index in [9.17, 15) is 0 Å². The number of halogens is 1. The Morgan fingerprint density at radius 2 is 2.14 bits per heavy atom. The molecule has 3 aromatic rings. The topological polar surface area (TPSA) is 47.0 Å². The molecule has 6 heteroatoms. The van der Waals surface area contributed by atoms with Crippen LogP contribution in [0.5, 0.6) is 11.6 Å². The molecule has 0 aliphatic rings. The Labute approximate surface area is 131 Å². The summed E-state index contributed by atoms with van der Waals surface area (Å²) in [5.41, 5.74) is 1.05. The molecule has 1 aromatic carbocycles. The Balaban J connectivity index is 2.03. The fourth-order valence-corrected chi connectivity index (χ4v) is 3.02. The summed E-state index contributed by atoms with van der Waals surface area (Å²) in [6, 6.07) is 7.61. The van der Waals surface area contributed by atoms with Crippen LogP contribution in [0.25, 0.3) is 10.2 Å². The Morgan fingerprint density at radius 3 is 2.90 bits per heavy atom. The van der Waals surface area contributed by atoms with Gasteiger partial charge in [-0.2, -0.15) is 4.98 Å². The number of fused-ring (bicyclic) bond motifs is 1. The molecule has 0 amide bonds. The first kappa shape index (κ1) is 14.1.